The van der Waals surface area contributed by atoms with Crippen LogP contribution in [0.5, 0.6) is 0 Å². The molecule has 4 heteroatoms. The lowest BCUT2D eigenvalue weighted by molar-refractivity contribution is -0.136. The number of carboxylic acid groups (broad SMARTS) is 1. The standard InChI is InChI=1S/C17H19NO3/c1-4-18-15(14-9-11(2)5-6-12(14)3)8-7-13(17(18)21)10-16(19)20/h5-9H,4,10H2,1-3H3,(H,19,20). The van der Waals surface area contributed by atoms with Crippen molar-refractivity contribution in [2.45, 2.75) is 33.7 Å². The van der Waals surface area contributed by atoms with Gasteiger partial charge in [-0.15, -0.1) is 0 Å². The van der Waals surface area contributed by atoms with Crippen LogP contribution in [0.2, 0.25) is 0 Å². The predicted octanol–water partition coefficient (Wildman–Crippen LogP) is 2.78. The highest BCUT2D eigenvalue weighted by Gasteiger charge is 2.13. The molecule has 4 nitrogen and oxygen atoms in total. The maximum Gasteiger partial charge on any atom is 0.308 e. The van der Waals surface area contributed by atoms with Gasteiger partial charge >= 0.3 is 5.97 Å². The third-order valence-corrected chi connectivity index (χ3v) is 3.58. The molecule has 1 heterocycles. The third kappa shape index (κ3) is 3.05. The molecule has 0 fully saturated rings. The molecule has 0 saturated carbocycles. The first-order chi connectivity index (χ1) is 9.93. The maximum absolute atomic E-state index is 12.4. The zero-order chi connectivity index (χ0) is 15.6. The van der Waals surface area contributed by atoms with Crippen LogP contribution in [0.15, 0.2) is 35.1 Å². The number of nitrogens with zero attached hydrogens (tertiary/aromatic N) is 1. The third-order valence-electron chi connectivity index (χ3n) is 3.58. The van der Waals surface area contributed by atoms with Crippen molar-refractivity contribution in [2.75, 3.05) is 0 Å². The zero-order valence-corrected chi connectivity index (χ0v) is 12.5. The predicted molar refractivity (Wildman–Crippen MR) is 82.6 cm³/mol. The number of benzene rings is 1. The van der Waals surface area contributed by atoms with E-state index in [0.29, 0.717) is 12.1 Å². The van der Waals surface area contributed by atoms with Crippen LogP contribution < -0.4 is 5.56 Å². The molecule has 0 amide bonds. The molecule has 0 aliphatic carbocycles. The van der Waals surface area contributed by atoms with Gasteiger partial charge in [0.1, 0.15) is 0 Å². The highest BCUT2D eigenvalue weighted by atomic mass is 16.4. The number of hydrogen-bond acceptors (Lipinski definition) is 2. The Hall–Kier alpha value is -2.36. The van der Waals surface area contributed by atoms with E-state index in [1.165, 1.54) is 0 Å². The average Bonchev–Trinajstić information content (AvgIpc) is 2.43. The van der Waals surface area contributed by atoms with E-state index >= 15 is 0 Å². The van der Waals surface area contributed by atoms with E-state index in [1.807, 2.05) is 45.0 Å². The van der Waals surface area contributed by atoms with Crippen molar-refractivity contribution >= 4 is 5.97 Å². The lowest BCUT2D eigenvalue weighted by atomic mass is 10.0. The molecule has 1 aromatic carbocycles. The number of carboxylic acids is 1. The summed E-state index contributed by atoms with van der Waals surface area (Å²) in [5.41, 5.74) is 4.15. The van der Waals surface area contributed by atoms with Crippen LogP contribution in [0.4, 0.5) is 0 Å². The quantitative estimate of drug-likeness (QED) is 0.939. The van der Waals surface area contributed by atoms with Crippen molar-refractivity contribution in [3.63, 3.8) is 0 Å². The molecule has 1 N–H and O–H groups in total. The van der Waals surface area contributed by atoms with Crippen molar-refractivity contribution in [3.8, 4) is 11.3 Å². The largest absolute Gasteiger partial charge is 0.481 e. The lowest BCUT2D eigenvalue weighted by Gasteiger charge is -2.15. The number of aryl methyl sites for hydroxylation is 2. The van der Waals surface area contributed by atoms with Crippen LogP contribution in [0.25, 0.3) is 11.3 Å². The molecule has 2 rings (SSSR count). The van der Waals surface area contributed by atoms with Gasteiger partial charge in [-0.05, 0) is 38.5 Å². The number of aromatic nitrogens is 1. The highest BCUT2D eigenvalue weighted by Crippen LogP contribution is 2.24. The summed E-state index contributed by atoms with van der Waals surface area (Å²) < 4.78 is 1.64. The van der Waals surface area contributed by atoms with Gasteiger partial charge in [-0.1, -0.05) is 23.8 Å². The summed E-state index contributed by atoms with van der Waals surface area (Å²) >= 11 is 0. The molecule has 0 aliphatic heterocycles. The van der Waals surface area contributed by atoms with Gasteiger partial charge in [0, 0.05) is 17.7 Å². The van der Waals surface area contributed by atoms with E-state index in [4.69, 9.17) is 5.11 Å². The minimum absolute atomic E-state index is 0.224. The number of aliphatic carboxylic acids is 1. The van der Waals surface area contributed by atoms with E-state index in [2.05, 4.69) is 0 Å². The molecule has 0 radical (unpaired) electrons. The monoisotopic (exact) mass is 285 g/mol. The van der Waals surface area contributed by atoms with Gasteiger partial charge in [-0.3, -0.25) is 9.59 Å². The van der Waals surface area contributed by atoms with Crippen LogP contribution >= 0.6 is 0 Å². The van der Waals surface area contributed by atoms with Crippen molar-refractivity contribution in [1.29, 1.82) is 0 Å². The summed E-state index contributed by atoms with van der Waals surface area (Å²) in [7, 11) is 0. The normalized spacial score (nSPS) is 10.6. The molecule has 0 spiro atoms. The van der Waals surface area contributed by atoms with Gasteiger partial charge in [0.2, 0.25) is 0 Å². The Balaban J connectivity index is 2.65. The Bertz CT molecular complexity index is 744. The SMILES string of the molecule is CCn1c(-c2cc(C)ccc2C)ccc(CC(=O)O)c1=O. The molecule has 2 aromatic rings. The number of hydrogen-bond donors (Lipinski definition) is 1. The molecular weight excluding hydrogens is 266 g/mol. The molecule has 0 bridgehead atoms. The molecule has 110 valence electrons. The van der Waals surface area contributed by atoms with E-state index in [1.54, 1.807) is 10.6 Å². The van der Waals surface area contributed by atoms with Gasteiger partial charge in [-0.25, -0.2) is 0 Å². The van der Waals surface area contributed by atoms with Gasteiger partial charge in [0.15, 0.2) is 0 Å². The second-order valence-electron chi connectivity index (χ2n) is 5.18. The molecule has 1 aromatic heterocycles. The van der Waals surface area contributed by atoms with E-state index in [9.17, 15) is 9.59 Å². The molecule has 0 atom stereocenters. The smallest absolute Gasteiger partial charge is 0.308 e. The maximum atomic E-state index is 12.4. The second-order valence-corrected chi connectivity index (χ2v) is 5.18. The van der Waals surface area contributed by atoms with Crippen molar-refractivity contribution in [1.82, 2.24) is 4.57 Å². The number of carbonyl (C=O) groups is 1. The summed E-state index contributed by atoms with van der Waals surface area (Å²) in [6.45, 7) is 6.41. The van der Waals surface area contributed by atoms with Crippen LogP contribution in [0.3, 0.4) is 0 Å². The Kier molecular flexibility index (Phi) is 4.26. The Morgan fingerprint density at radius 3 is 2.52 bits per heavy atom. The molecule has 0 aliphatic rings. The van der Waals surface area contributed by atoms with Gasteiger partial charge in [0.25, 0.3) is 5.56 Å². The Morgan fingerprint density at radius 1 is 1.19 bits per heavy atom. The molecular formula is C17H19NO3. The molecule has 21 heavy (non-hydrogen) atoms. The zero-order valence-electron chi connectivity index (χ0n) is 12.5. The highest BCUT2D eigenvalue weighted by molar-refractivity contribution is 5.71. The summed E-state index contributed by atoms with van der Waals surface area (Å²) in [5.74, 6) is -0.991. The van der Waals surface area contributed by atoms with Crippen molar-refractivity contribution in [3.05, 3.63) is 57.4 Å². The van der Waals surface area contributed by atoms with Crippen LogP contribution in [-0.2, 0) is 17.8 Å². The van der Waals surface area contributed by atoms with Crippen molar-refractivity contribution < 1.29 is 9.90 Å². The van der Waals surface area contributed by atoms with Gasteiger partial charge in [0.05, 0.1) is 12.1 Å². The fourth-order valence-corrected chi connectivity index (χ4v) is 2.48. The minimum atomic E-state index is -0.991. The summed E-state index contributed by atoms with van der Waals surface area (Å²) in [6, 6.07) is 9.57. The first-order valence-electron chi connectivity index (χ1n) is 6.96. The summed E-state index contributed by atoms with van der Waals surface area (Å²) in [5, 5.41) is 8.87. The second kappa shape index (κ2) is 5.95. The van der Waals surface area contributed by atoms with Crippen LogP contribution in [0, 0.1) is 13.8 Å². The first-order valence-corrected chi connectivity index (χ1v) is 6.96. The van der Waals surface area contributed by atoms with E-state index in [0.717, 1.165) is 22.4 Å². The minimum Gasteiger partial charge on any atom is -0.481 e. The van der Waals surface area contributed by atoms with E-state index in [-0.39, 0.29) is 12.0 Å². The first kappa shape index (κ1) is 15.0. The fraction of sp³-hybridized carbons (Fsp3) is 0.294. The summed E-state index contributed by atoms with van der Waals surface area (Å²) in [4.78, 5) is 23.3. The topological polar surface area (TPSA) is 59.3 Å². The summed E-state index contributed by atoms with van der Waals surface area (Å²) in [6.07, 6.45) is -0.244. The number of pyridine rings is 1. The average molecular weight is 285 g/mol. The van der Waals surface area contributed by atoms with Crippen molar-refractivity contribution in [2.24, 2.45) is 0 Å². The molecule has 0 unspecified atom stereocenters. The number of rotatable bonds is 4. The lowest BCUT2D eigenvalue weighted by Crippen LogP contribution is -2.26. The Labute approximate surface area is 123 Å². The van der Waals surface area contributed by atoms with Gasteiger partial charge < -0.3 is 9.67 Å². The van der Waals surface area contributed by atoms with Gasteiger partial charge in [-0.2, -0.15) is 0 Å². The fourth-order valence-electron chi connectivity index (χ4n) is 2.48. The van der Waals surface area contributed by atoms with Crippen LogP contribution in [-0.4, -0.2) is 15.6 Å². The van der Waals surface area contributed by atoms with E-state index < -0.39 is 5.97 Å². The van der Waals surface area contributed by atoms with Crippen LogP contribution in [0.1, 0.15) is 23.6 Å². The Morgan fingerprint density at radius 2 is 1.90 bits per heavy atom. The molecule has 0 saturated heterocycles.